The number of alkyl halides is 2. The van der Waals surface area contributed by atoms with E-state index in [4.69, 9.17) is 36.1 Å². The van der Waals surface area contributed by atoms with Gasteiger partial charge in [-0.1, -0.05) is 30.1 Å². The first-order valence-corrected chi connectivity index (χ1v) is 30.7. The molecule has 3 aliphatic heterocycles. The first kappa shape index (κ1) is 79.5. The van der Waals surface area contributed by atoms with Gasteiger partial charge in [0.25, 0.3) is 38.3 Å². The molecule has 9 aliphatic rings. The molecule has 4 bridgehead atoms. The van der Waals surface area contributed by atoms with Gasteiger partial charge < -0.3 is 31.3 Å². The molecule has 14 rings (SSSR count). The summed E-state index contributed by atoms with van der Waals surface area (Å²) in [5.74, 6) is 1.42. The Labute approximate surface area is 633 Å². The van der Waals surface area contributed by atoms with Gasteiger partial charge in [-0.25, -0.2) is 54.4 Å². The van der Waals surface area contributed by atoms with Gasteiger partial charge in [-0.05, 0) is 134 Å². The summed E-state index contributed by atoms with van der Waals surface area (Å²) >= 11 is 6.16. The molecule has 6 saturated carbocycles. The largest absolute Gasteiger partial charge is 1.00 e. The predicted octanol–water partition coefficient (Wildman–Crippen LogP) is 0.116. The third-order valence-electron chi connectivity index (χ3n) is 16.4. The number of sulfonamides is 2. The second-order valence-electron chi connectivity index (χ2n) is 24.9. The third kappa shape index (κ3) is 17.7. The van der Waals surface area contributed by atoms with Crippen molar-refractivity contribution in [2.75, 3.05) is 31.2 Å². The number of nitrogens with zero attached hydrogens (tertiary/aromatic N) is 11. The van der Waals surface area contributed by atoms with Crippen molar-refractivity contribution in [3.8, 4) is 23.4 Å². The number of rotatable bonds is 16. The van der Waals surface area contributed by atoms with Gasteiger partial charge in [0.1, 0.15) is 33.4 Å². The van der Waals surface area contributed by atoms with Crippen molar-refractivity contribution in [1.82, 2.24) is 54.1 Å². The van der Waals surface area contributed by atoms with Crippen LogP contribution in [-0.2, 0) is 36.8 Å². The van der Waals surface area contributed by atoms with Gasteiger partial charge in [-0.15, -0.1) is 22.6 Å². The van der Waals surface area contributed by atoms with E-state index in [1.54, 1.807) is 55.3 Å². The number of hydrogen-bond acceptors (Lipinski definition) is 19. The van der Waals surface area contributed by atoms with Gasteiger partial charge in [-0.2, -0.15) is 32.1 Å². The Morgan fingerprint density at radius 1 is 0.822 bits per heavy atom. The average molecular weight is 1420 g/mol. The number of carbonyl (C=O) groups is 3. The fraction of sp³-hybridized carbons (Fsp3) is 0.527. The van der Waals surface area contributed by atoms with E-state index in [1.807, 2.05) is 4.72 Å². The summed E-state index contributed by atoms with van der Waals surface area (Å²) in [7, 11) is -6.70. The molecule has 484 valence electrons. The molecule has 0 unspecified atom stereocenters. The molecule has 8 fully saturated rings. The van der Waals surface area contributed by atoms with Crippen LogP contribution in [-0.4, -0.2) is 141 Å². The zero-order valence-corrected chi connectivity index (χ0v) is 63.4. The summed E-state index contributed by atoms with van der Waals surface area (Å²) < 4.78 is 99.9. The number of carbonyl (C=O) groups excluding carboxylic acids is 3. The van der Waals surface area contributed by atoms with E-state index >= 15 is 0 Å². The van der Waals surface area contributed by atoms with E-state index < -0.39 is 43.2 Å². The number of halogens is 4. The molecule has 5 aromatic rings. The number of allylic oxidation sites excluding steroid dienone is 2. The van der Waals surface area contributed by atoms with Crippen LogP contribution in [0, 0.1) is 29.6 Å². The molecule has 6 aliphatic carbocycles. The van der Waals surface area contributed by atoms with Crippen molar-refractivity contribution in [1.29, 1.82) is 0 Å². The van der Waals surface area contributed by atoms with Crippen molar-refractivity contribution < 1.29 is 168 Å². The Bertz CT molecular complexity index is 3750. The zero-order valence-electron chi connectivity index (χ0n) is 53.0. The van der Waals surface area contributed by atoms with Gasteiger partial charge in [0, 0.05) is 67.0 Å². The molecule has 3 N–H and O–H groups in total. The topological polar surface area (TPSA) is 304 Å². The summed E-state index contributed by atoms with van der Waals surface area (Å²) in [6, 6.07) is 9.38. The minimum absolute atomic E-state index is 0. The average Bonchev–Trinajstić information content (AvgIpc) is 1.42. The van der Waals surface area contributed by atoms with Gasteiger partial charge >= 0.3 is 103 Å². The van der Waals surface area contributed by atoms with E-state index in [0.717, 1.165) is 23.2 Å². The molecule has 2 amide bonds. The second-order valence-corrected chi connectivity index (χ2v) is 28.5. The Morgan fingerprint density at radius 3 is 1.70 bits per heavy atom. The summed E-state index contributed by atoms with van der Waals surface area (Å²) in [6.07, 6.45) is 11.1. The molecule has 90 heavy (non-hydrogen) atoms. The normalized spacial score (nSPS) is 24.7. The summed E-state index contributed by atoms with van der Waals surface area (Å²) in [5.41, 5.74) is -1.29. The van der Waals surface area contributed by atoms with Crippen molar-refractivity contribution in [2.45, 2.75) is 134 Å². The Morgan fingerprint density at radius 2 is 1.31 bits per heavy atom. The fourth-order valence-corrected chi connectivity index (χ4v) is 15.1. The van der Waals surface area contributed by atoms with Crippen LogP contribution in [0.4, 0.5) is 14.6 Å². The standard InChI is InChI=1S/C27H34FN7O4S.C20H18ClFN6O4S.C7H15N.CH2O3.ClH.2K.2H2S.H/c1-17-10-25(3,4)34(12-17)23-19(24(36)32-40(37,38)20-11-29-33(5)18(20)2)6-7-21(30-23)35-9-8-22(31-35)39-16-26-13-27(28,14-26)15-26;1-12-14(7-23-27(12)2)33(30,31)26-18(29)13-3-4-15(24-17(13)21)28-6-5-16(25-28)32-11-19-8-20(22,9-19)10-19;1-6-4-7(2,3)8-5-6;2-1-4-3;;;;;;/h6-9,11,17H,10,12-16H2,1-5H3,(H,32,36);3-7H,2,8-11H2,1H3;6,8H,4-5H2,1-3H3;1,3H;1H;;;2*1H2;/q;;;;;2*+1;;;-1/t17-,26?,27?;;6-;;;;;;;/m0.0......./s1. The molecule has 8 heterocycles. The first-order chi connectivity index (χ1) is 39.7. The van der Waals surface area contributed by atoms with Gasteiger partial charge in [-0.3, -0.25) is 19.1 Å². The number of aryl methyl sites for hydroxylation is 1. The molecule has 0 aromatic carbocycles. The van der Waals surface area contributed by atoms with Crippen LogP contribution >= 0.6 is 51.0 Å². The monoisotopic (exact) mass is 1420 g/mol. The quantitative estimate of drug-likeness (QED) is 0.0295. The van der Waals surface area contributed by atoms with Gasteiger partial charge in [0.2, 0.25) is 17.5 Å². The van der Waals surface area contributed by atoms with E-state index in [0.29, 0.717) is 105 Å². The Hall–Kier alpha value is -2.95. The smallest absolute Gasteiger partial charge is 1.00 e. The number of hydrogen-bond donors (Lipinski definition) is 3. The number of anilines is 1. The van der Waals surface area contributed by atoms with E-state index in [2.05, 4.69) is 93.5 Å². The second kappa shape index (κ2) is 30.4. The summed E-state index contributed by atoms with van der Waals surface area (Å²) in [6.45, 7) is 22.3. The van der Waals surface area contributed by atoms with Gasteiger partial charge in [0.05, 0.1) is 36.2 Å². The van der Waals surface area contributed by atoms with Crippen molar-refractivity contribution in [3.05, 3.63) is 87.6 Å². The molecular formula is C55H75Cl2F2K2N14O11S4+. The number of nitrogens with one attached hydrogen (secondary N) is 3. The van der Waals surface area contributed by atoms with Crippen molar-refractivity contribution >= 4 is 108 Å². The molecule has 2 saturated heterocycles. The summed E-state index contributed by atoms with van der Waals surface area (Å²) in [4.78, 5) is 48.0. The summed E-state index contributed by atoms with van der Waals surface area (Å²) in [5, 5.41) is 28.2. The number of aromatic nitrogens is 8. The maximum absolute atomic E-state index is 13.8. The van der Waals surface area contributed by atoms with Crippen LogP contribution in [0.5, 0.6) is 11.8 Å². The van der Waals surface area contributed by atoms with Crippen molar-refractivity contribution in [2.24, 2.45) is 34.8 Å². The maximum atomic E-state index is 13.8. The predicted molar refractivity (Wildman–Crippen MR) is 334 cm³/mol. The van der Waals surface area contributed by atoms with E-state index in [1.165, 1.54) is 47.6 Å². The number of amides is 2. The van der Waals surface area contributed by atoms with Crippen molar-refractivity contribution in [3.63, 3.8) is 0 Å². The molecule has 0 radical (unpaired) electrons. The Kier molecular flexibility index (Phi) is 26.9. The SMILES string of the molecule is C=[N+]1N=CC(S(=O)(=O)NC(=O)c2ccc(-n3ccc(OCC45CC(F)(C4)C5)n3)nc2Cl)=C1C.C[C@@H]1CNC(C)(C)C1.Cc1c(S(=O)(=O)NC(=O)c2ccc(-n3ccc(OCC45CC(F)(C4)C5)n3)nc2N2C[C@@H](C)CC2(C)C)cnn1C.Cl.O=CO[O-].S.S.[H-].[K+].[K+]. The third-order valence-corrected chi connectivity index (χ3v) is 19.6. The zero-order chi connectivity index (χ0) is 61.9. The molecule has 35 heteroatoms. The number of pyridine rings is 2. The van der Waals surface area contributed by atoms with E-state index in [9.17, 15) is 35.2 Å². The van der Waals surface area contributed by atoms with Crippen LogP contribution < -0.4 is 137 Å². The fourth-order valence-electron chi connectivity index (χ4n) is 12.5. The molecule has 5 aromatic heterocycles. The van der Waals surface area contributed by atoms with E-state index in [-0.39, 0.29) is 198 Å². The van der Waals surface area contributed by atoms with Crippen LogP contribution in [0.1, 0.15) is 128 Å². The minimum atomic E-state index is -4.18. The number of hydrazone groups is 1. The van der Waals surface area contributed by atoms with Crippen LogP contribution in [0.15, 0.2) is 75.6 Å². The maximum Gasteiger partial charge on any atom is 1.00 e. The van der Waals surface area contributed by atoms with Gasteiger partial charge in [0.15, 0.2) is 23.3 Å². The first-order valence-electron chi connectivity index (χ1n) is 27.4. The number of ether oxygens (including phenoxy) is 2. The molecular weight excluding hydrogens is 1350 g/mol. The minimum Gasteiger partial charge on any atom is -1.00 e. The Balaban J connectivity index is 0.000000384. The molecule has 2 atom stereocenters. The van der Waals surface area contributed by atoms with Crippen LogP contribution in [0.2, 0.25) is 5.15 Å². The molecule has 25 nitrogen and oxygen atoms in total. The molecule has 0 spiro atoms. The van der Waals surface area contributed by atoms with Crippen LogP contribution in [0.3, 0.4) is 0 Å². The van der Waals surface area contributed by atoms with Crippen LogP contribution in [0.25, 0.3) is 11.6 Å².